The number of nitrogens with zero attached hydrogens (tertiary/aromatic N) is 3. The van der Waals surface area contributed by atoms with Crippen molar-refractivity contribution in [3.63, 3.8) is 0 Å². The van der Waals surface area contributed by atoms with Crippen molar-refractivity contribution in [3.05, 3.63) is 76.7 Å². The lowest BCUT2D eigenvalue weighted by Gasteiger charge is -2.34. The van der Waals surface area contributed by atoms with Gasteiger partial charge in [-0.3, -0.25) is 9.59 Å². The van der Waals surface area contributed by atoms with Gasteiger partial charge in [-0.25, -0.2) is 8.42 Å². The highest BCUT2D eigenvalue weighted by Gasteiger charge is 2.34. The first kappa shape index (κ1) is 24.4. The lowest BCUT2D eigenvalue weighted by Crippen LogP contribution is -2.50. The summed E-state index contributed by atoms with van der Waals surface area (Å²) in [5.41, 5.74) is 7.20. The van der Waals surface area contributed by atoms with Crippen molar-refractivity contribution in [3.8, 4) is 5.75 Å². The van der Waals surface area contributed by atoms with Crippen LogP contribution in [0.1, 0.15) is 37.7 Å². The fourth-order valence-electron chi connectivity index (χ4n) is 4.04. The second kappa shape index (κ2) is 9.88. The maximum absolute atomic E-state index is 13.1. The highest BCUT2D eigenvalue weighted by molar-refractivity contribution is 7.89. The predicted molar refractivity (Wildman–Crippen MR) is 126 cm³/mol. The molecule has 0 aliphatic carbocycles. The Labute approximate surface area is 203 Å². The van der Waals surface area contributed by atoms with Crippen molar-refractivity contribution in [1.29, 1.82) is 0 Å². The molecule has 2 heterocycles. The van der Waals surface area contributed by atoms with Crippen molar-refractivity contribution in [2.45, 2.75) is 25.3 Å². The van der Waals surface area contributed by atoms with Crippen LogP contribution in [-0.2, 0) is 16.6 Å². The van der Waals surface area contributed by atoms with E-state index in [1.807, 2.05) is 6.07 Å². The number of benzene rings is 2. The van der Waals surface area contributed by atoms with Gasteiger partial charge in [-0.05, 0) is 43.7 Å². The number of hydrogen-bond donors (Lipinski definition) is 1. The van der Waals surface area contributed by atoms with Crippen LogP contribution in [0.15, 0.2) is 57.9 Å². The Morgan fingerprint density at radius 2 is 1.77 bits per heavy atom. The van der Waals surface area contributed by atoms with Crippen LogP contribution in [0.3, 0.4) is 0 Å². The summed E-state index contributed by atoms with van der Waals surface area (Å²) in [5, 5.41) is 3.74. The van der Waals surface area contributed by atoms with E-state index in [1.54, 1.807) is 61.2 Å². The zero-order valence-corrected chi connectivity index (χ0v) is 20.2. The Morgan fingerprint density at radius 1 is 1.06 bits per heavy atom. The van der Waals surface area contributed by atoms with Gasteiger partial charge in [0.15, 0.2) is 5.76 Å². The van der Waals surface area contributed by atoms with Crippen molar-refractivity contribution < 1.29 is 27.3 Å². The molecule has 35 heavy (non-hydrogen) atoms. The number of nitrogens with two attached hydrogens (primary N) is 1. The molecule has 1 aromatic heterocycles. The third-order valence-electron chi connectivity index (χ3n) is 5.81. The minimum absolute atomic E-state index is 0.0860. The van der Waals surface area contributed by atoms with Crippen LogP contribution < -0.4 is 10.5 Å². The topological polar surface area (TPSA) is 136 Å². The molecule has 1 saturated heterocycles. The third kappa shape index (κ3) is 5.05. The van der Waals surface area contributed by atoms with E-state index in [0.29, 0.717) is 17.0 Å². The maximum atomic E-state index is 13.1. The molecule has 4 rings (SSSR count). The van der Waals surface area contributed by atoms with Crippen LogP contribution in [0.4, 0.5) is 0 Å². The Hall–Kier alpha value is -3.70. The van der Waals surface area contributed by atoms with Crippen LogP contribution in [0.2, 0.25) is 0 Å². The Morgan fingerprint density at radius 3 is 2.43 bits per heavy atom. The van der Waals surface area contributed by atoms with Gasteiger partial charge in [0.05, 0.1) is 5.56 Å². The lowest BCUT2D eigenvalue weighted by atomic mass is 10.1. The van der Waals surface area contributed by atoms with Gasteiger partial charge >= 0.3 is 0 Å². The standard InChI is InChI=1S/C24H26N4O6S/c1-16-22(17(2)34-26-16)35(31,32)28-12-10-27(11-13-28)24(30)19-7-5-6-18(14-19)15-33-21-9-4-3-8-20(21)23(25)29/h3-9,14H,10-13,15H2,1-2H3,(H2,25,29). The largest absolute Gasteiger partial charge is 0.488 e. The number of primary amides is 1. The van der Waals surface area contributed by atoms with E-state index in [4.69, 9.17) is 15.0 Å². The lowest BCUT2D eigenvalue weighted by molar-refractivity contribution is 0.0697. The molecule has 0 radical (unpaired) electrons. The van der Waals surface area contributed by atoms with Crippen molar-refractivity contribution in [1.82, 2.24) is 14.4 Å². The molecular formula is C24H26N4O6S. The van der Waals surface area contributed by atoms with Crippen molar-refractivity contribution in [2.24, 2.45) is 5.73 Å². The molecule has 0 saturated carbocycles. The monoisotopic (exact) mass is 498 g/mol. The summed E-state index contributed by atoms with van der Waals surface area (Å²) in [7, 11) is -3.75. The highest BCUT2D eigenvalue weighted by atomic mass is 32.2. The van der Waals surface area contributed by atoms with Gasteiger partial charge in [0.2, 0.25) is 10.0 Å². The van der Waals surface area contributed by atoms with Gasteiger partial charge in [-0.15, -0.1) is 0 Å². The molecule has 0 spiro atoms. The molecule has 10 nitrogen and oxygen atoms in total. The summed E-state index contributed by atoms with van der Waals surface area (Å²) >= 11 is 0. The van der Waals surface area contributed by atoms with Crippen LogP contribution >= 0.6 is 0 Å². The van der Waals surface area contributed by atoms with Gasteiger partial charge in [0.1, 0.15) is 22.9 Å². The molecule has 11 heteroatoms. The number of sulfonamides is 1. The van der Waals surface area contributed by atoms with E-state index in [9.17, 15) is 18.0 Å². The zero-order chi connectivity index (χ0) is 25.2. The number of piperazine rings is 1. The molecule has 1 fully saturated rings. The number of ether oxygens (including phenoxy) is 1. The van der Waals surface area contributed by atoms with E-state index in [0.717, 1.165) is 5.56 Å². The molecule has 0 atom stereocenters. The summed E-state index contributed by atoms with van der Waals surface area (Å²) in [6.45, 7) is 4.16. The van der Waals surface area contributed by atoms with Gasteiger partial charge in [-0.1, -0.05) is 29.4 Å². The van der Waals surface area contributed by atoms with E-state index in [1.165, 1.54) is 4.31 Å². The quantitative estimate of drug-likeness (QED) is 0.527. The number of carbonyl (C=O) groups excluding carboxylic acids is 2. The number of hydrogen-bond acceptors (Lipinski definition) is 7. The van der Waals surface area contributed by atoms with Crippen molar-refractivity contribution in [2.75, 3.05) is 26.2 Å². The average molecular weight is 499 g/mol. The smallest absolute Gasteiger partial charge is 0.253 e. The van der Waals surface area contributed by atoms with E-state index < -0.39 is 15.9 Å². The molecule has 2 aromatic carbocycles. The molecule has 184 valence electrons. The van der Waals surface area contributed by atoms with Crippen LogP contribution in [-0.4, -0.2) is 60.8 Å². The van der Waals surface area contributed by atoms with Gasteiger partial charge < -0.3 is 19.9 Å². The van der Waals surface area contributed by atoms with E-state index in [2.05, 4.69) is 5.16 Å². The fourth-order valence-corrected chi connectivity index (χ4v) is 5.75. The van der Waals surface area contributed by atoms with E-state index >= 15 is 0 Å². The first-order valence-electron chi connectivity index (χ1n) is 11.0. The van der Waals surface area contributed by atoms with Gasteiger partial charge in [-0.2, -0.15) is 4.31 Å². The normalized spacial score (nSPS) is 14.6. The summed E-state index contributed by atoms with van der Waals surface area (Å²) in [4.78, 5) is 26.4. The Bertz CT molecular complexity index is 1340. The minimum atomic E-state index is -3.75. The minimum Gasteiger partial charge on any atom is -0.488 e. The van der Waals surface area contributed by atoms with Crippen LogP contribution in [0.5, 0.6) is 5.75 Å². The molecular weight excluding hydrogens is 472 g/mol. The third-order valence-corrected chi connectivity index (χ3v) is 7.96. The van der Waals surface area contributed by atoms with Crippen LogP contribution in [0.25, 0.3) is 0 Å². The van der Waals surface area contributed by atoms with Gasteiger partial charge in [0, 0.05) is 31.7 Å². The Balaban J connectivity index is 1.40. The summed E-state index contributed by atoms with van der Waals surface area (Å²) in [6, 6.07) is 13.7. The number of rotatable bonds is 7. The molecule has 2 amide bonds. The average Bonchev–Trinajstić information content (AvgIpc) is 3.21. The predicted octanol–water partition coefficient (Wildman–Crippen LogP) is 2.12. The van der Waals surface area contributed by atoms with E-state index in [-0.39, 0.29) is 54.9 Å². The second-order valence-corrected chi connectivity index (χ2v) is 10.1. The summed E-state index contributed by atoms with van der Waals surface area (Å²) in [6.07, 6.45) is 0. The SMILES string of the molecule is Cc1noc(C)c1S(=O)(=O)N1CCN(C(=O)c2cccc(COc3ccccc3C(N)=O)c2)CC1. The summed E-state index contributed by atoms with van der Waals surface area (Å²) < 4.78 is 38.2. The fraction of sp³-hybridized carbons (Fsp3) is 0.292. The molecule has 3 aromatic rings. The number of aromatic nitrogens is 1. The van der Waals surface area contributed by atoms with Gasteiger partial charge in [0.25, 0.3) is 11.8 Å². The van der Waals surface area contributed by atoms with Crippen LogP contribution in [0, 0.1) is 13.8 Å². The first-order valence-corrected chi connectivity index (χ1v) is 12.5. The zero-order valence-electron chi connectivity index (χ0n) is 19.4. The molecule has 1 aliphatic rings. The molecule has 0 unspecified atom stereocenters. The number of carbonyl (C=O) groups is 2. The maximum Gasteiger partial charge on any atom is 0.253 e. The number of aryl methyl sites for hydroxylation is 2. The second-order valence-electron chi connectivity index (χ2n) is 8.20. The number of amides is 2. The summed E-state index contributed by atoms with van der Waals surface area (Å²) in [5.74, 6) is -0.162. The first-order chi connectivity index (χ1) is 16.7. The highest BCUT2D eigenvalue weighted by Crippen LogP contribution is 2.25. The Kier molecular flexibility index (Phi) is 6.90. The molecule has 1 aliphatic heterocycles. The molecule has 0 bridgehead atoms. The molecule has 2 N–H and O–H groups in total. The van der Waals surface area contributed by atoms with Crippen molar-refractivity contribution >= 4 is 21.8 Å². The number of para-hydroxylation sites is 1.